The van der Waals surface area contributed by atoms with Crippen LogP contribution in [-0.4, -0.2) is 66.3 Å². The average molecular weight is 633 g/mol. The van der Waals surface area contributed by atoms with Crippen LogP contribution in [0.3, 0.4) is 0 Å². The van der Waals surface area contributed by atoms with Crippen molar-refractivity contribution in [2.75, 3.05) is 25.0 Å². The first-order chi connectivity index (χ1) is 20.7. The summed E-state index contributed by atoms with van der Waals surface area (Å²) in [7, 11) is -4.45. The molecule has 1 fully saturated rings. The largest absolute Gasteiger partial charge is 0.478 e. The fourth-order valence-electron chi connectivity index (χ4n) is 4.63. The molecule has 0 saturated carbocycles. The lowest BCUT2D eigenvalue weighted by Gasteiger charge is -2.39. The van der Waals surface area contributed by atoms with Crippen LogP contribution in [0.4, 0.5) is 23.7 Å². The van der Waals surface area contributed by atoms with Gasteiger partial charge in [0.1, 0.15) is 6.04 Å². The SMILES string of the molecule is CC(C)c1ccc(CNC(=O)[C@H]2CN(C(=O)Nc3ccc(C(=O)O)cc3)CCN2S(=O)(=O)c2ccc(C(F)(F)F)cc2)cc1. The number of nitrogens with one attached hydrogen (secondary N) is 2. The highest BCUT2D eigenvalue weighted by molar-refractivity contribution is 7.89. The van der Waals surface area contributed by atoms with Crippen molar-refractivity contribution < 1.29 is 41.1 Å². The number of hydrogen-bond acceptors (Lipinski definition) is 5. The zero-order valence-corrected chi connectivity index (χ0v) is 24.7. The summed E-state index contributed by atoms with van der Waals surface area (Å²) in [6, 6.07) is 13.8. The Morgan fingerprint density at radius 3 is 2.09 bits per heavy atom. The number of carbonyl (C=O) groups is 3. The van der Waals surface area contributed by atoms with Gasteiger partial charge < -0.3 is 20.6 Å². The molecule has 0 spiro atoms. The van der Waals surface area contributed by atoms with E-state index in [9.17, 15) is 36.0 Å². The molecule has 10 nitrogen and oxygen atoms in total. The normalized spacial score (nSPS) is 16.0. The fourth-order valence-corrected chi connectivity index (χ4v) is 6.20. The zero-order valence-electron chi connectivity index (χ0n) is 23.8. The molecule has 0 bridgehead atoms. The van der Waals surface area contributed by atoms with Gasteiger partial charge in [0.05, 0.1) is 16.0 Å². The Morgan fingerprint density at radius 2 is 1.55 bits per heavy atom. The average Bonchev–Trinajstić information content (AvgIpc) is 2.99. The van der Waals surface area contributed by atoms with E-state index in [1.807, 2.05) is 38.1 Å². The molecule has 0 unspecified atom stereocenters. The van der Waals surface area contributed by atoms with E-state index in [2.05, 4.69) is 10.6 Å². The topological polar surface area (TPSA) is 136 Å². The Kier molecular flexibility index (Phi) is 9.64. The lowest BCUT2D eigenvalue weighted by atomic mass is 10.0. The number of benzene rings is 3. The van der Waals surface area contributed by atoms with Crippen LogP contribution < -0.4 is 10.6 Å². The summed E-state index contributed by atoms with van der Waals surface area (Å²) >= 11 is 0. The third-order valence-electron chi connectivity index (χ3n) is 7.21. The van der Waals surface area contributed by atoms with Gasteiger partial charge in [0.15, 0.2) is 0 Å². The van der Waals surface area contributed by atoms with Crippen LogP contribution >= 0.6 is 0 Å². The van der Waals surface area contributed by atoms with Crippen LogP contribution in [-0.2, 0) is 27.5 Å². The van der Waals surface area contributed by atoms with E-state index >= 15 is 0 Å². The fraction of sp³-hybridized carbons (Fsp3) is 0.300. The zero-order chi connectivity index (χ0) is 32.2. The molecule has 1 saturated heterocycles. The second-order valence-corrected chi connectivity index (χ2v) is 12.4. The molecule has 1 aliphatic heterocycles. The lowest BCUT2D eigenvalue weighted by Crippen LogP contribution is -2.61. The molecule has 0 radical (unpaired) electrons. The summed E-state index contributed by atoms with van der Waals surface area (Å²) in [5.41, 5.74) is 1.13. The van der Waals surface area contributed by atoms with E-state index in [0.29, 0.717) is 18.1 Å². The molecule has 1 heterocycles. The van der Waals surface area contributed by atoms with Gasteiger partial charge in [-0.25, -0.2) is 18.0 Å². The predicted octanol–water partition coefficient (Wildman–Crippen LogP) is 4.75. The second-order valence-electron chi connectivity index (χ2n) is 10.5. The van der Waals surface area contributed by atoms with Gasteiger partial charge in [0, 0.05) is 31.9 Å². The molecule has 14 heteroatoms. The van der Waals surface area contributed by atoms with E-state index in [1.54, 1.807) is 0 Å². The molecule has 3 aromatic rings. The van der Waals surface area contributed by atoms with Crippen molar-refractivity contribution in [1.82, 2.24) is 14.5 Å². The number of aromatic carboxylic acids is 1. The Labute approximate surface area is 252 Å². The van der Waals surface area contributed by atoms with Gasteiger partial charge in [0.25, 0.3) is 0 Å². The van der Waals surface area contributed by atoms with E-state index in [1.165, 1.54) is 29.2 Å². The summed E-state index contributed by atoms with van der Waals surface area (Å²) in [4.78, 5) is 38.5. The number of hydrogen-bond donors (Lipinski definition) is 3. The Morgan fingerprint density at radius 1 is 0.932 bits per heavy atom. The molecule has 0 aliphatic carbocycles. The summed E-state index contributed by atoms with van der Waals surface area (Å²) < 4.78 is 67.3. The Hall–Kier alpha value is -4.43. The minimum atomic E-state index is -4.66. The smallest absolute Gasteiger partial charge is 0.416 e. The summed E-state index contributed by atoms with van der Waals surface area (Å²) in [5, 5.41) is 14.4. The number of piperazine rings is 1. The van der Waals surface area contributed by atoms with Crippen LogP contribution in [0.2, 0.25) is 0 Å². The number of nitrogens with zero attached hydrogens (tertiary/aromatic N) is 2. The van der Waals surface area contributed by atoms with Crippen LogP contribution in [0.1, 0.15) is 46.8 Å². The van der Waals surface area contributed by atoms with Gasteiger partial charge >= 0.3 is 18.2 Å². The molecular weight excluding hydrogens is 601 g/mol. The van der Waals surface area contributed by atoms with Crippen LogP contribution in [0.25, 0.3) is 0 Å². The van der Waals surface area contributed by atoms with Crippen molar-refractivity contribution in [3.63, 3.8) is 0 Å². The molecule has 1 aliphatic rings. The summed E-state index contributed by atoms with van der Waals surface area (Å²) in [6.07, 6.45) is -4.66. The maximum absolute atomic E-state index is 13.6. The lowest BCUT2D eigenvalue weighted by molar-refractivity contribution is -0.137. The van der Waals surface area contributed by atoms with Crippen LogP contribution in [0.15, 0.2) is 77.7 Å². The van der Waals surface area contributed by atoms with Crippen molar-refractivity contribution in [2.24, 2.45) is 0 Å². The van der Waals surface area contributed by atoms with Gasteiger partial charge in [-0.1, -0.05) is 38.1 Å². The molecule has 234 valence electrons. The molecule has 1 atom stereocenters. The number of amides is 3. The highest BCUT2D eigenvalue weighted by atomic mass is 32.2. The summed E-state index contributed by atoms with van der Waals surface area (Å²) in [5.74, 6) is -1.54. The third kappa shape index (κ3) is 7.55. The van der Waals surface area contributed by atoms with Crippen molar-refractivity contribution >= 4 is 33.6 Å². The van der Waals surface area contributed by atoms with Gasteiger partial charge in [-0.3, -0.25) is 4.79 Å². The monoisotopic (exact) mass is 632 g/mol. The maximum atomic E-state index is 13.6. The molecule has 4 rings (SSSR count). The Balaban J connectivity index is 1.56. The number of sulfonamides is 1. The van der Waals surface area contributed by atoms with Crippen LogP contribution in [0, 0.1) is 0 Å². The first-order valence-electron chi connectivity index (χ1n) is 13.6. The van der Waals surface area contributed by atoms with E-state index in [4.69, 9.17) is 5.11 Å². The number of carbonyl (C=O) groups excluding carboxylic acids is 2. The molecular formula is C30H31F3N4O6S. The highest BCUT2D eigenvalue weighted by Gasteiger charge is 2.42. The summed E-state index contributed by atoms with van der Waals surface area (Å²) in [6.45, 7) is 3.37. The molecule has 3 amide bonds. The first kappa shape index (κ1) is 32.5. The number of anilines is 1. The van der Waals surface area contributed by atoms with Gasteiger partial charge in [-0.2, -0.15) is 17.5 Å². The minimum Gasteiger partial charge on any atom is -0.478 e. The number of halogens is 3. The standard InChI is InChI=1S/C30H31F3N4O6S/c1-19(2)21-5-3-20(4-6-21)17-34-27(38)26-18-36(29(41)35-24-11-7-22(8-12-24)28(39)40)15-16-37(26)44(42,43)25-13-9-23(10-14-25)30(31,32)33/h3-14,19,26H,15-18H2,1-2H3,(H,34,38)(H,35,41)(H,39,40)/t26-/m1/s1. The molecule has 3 aromatic carbocycles. The van der Waals surface area contributed by atoms with Crippen LogP contribution in [0.5, 0.6) is 0 Å². The second kappa shape index (κ2) is 13.1. The molecule has 44 heavy (non-hydrogen) atoms. The first-order valence-corrected chi connectivity index (χ1v) is 15.1. The highest BCUT2D eigenvalue weighted by Crippen LogP contribution is 2.31. The van der Waals surface area contributed by atoms with E-state index in [0.717, 1.165) is 27.6 Å². The molecule has 0 aromatic heterocycles. The number of carboxylic acids is 1. The van der Waals surface area contributed by atoms with Crippen molar-refractivity contribution in [3.05, 3.63) is 95.1 Å². The predicted molar refractivity (Wildman–Crippen MR) is 155 cm³/mol. The quantitative estimate of drug-likeness (QED) is 0.328. The number of urea groups is 1. The minimum absolute atomic E-state index is 0.0145. The molecule has 3 N–H and O–H groups in total. The van der Waals surface area contributed by atoms with Crippen molar-refractivity contribution in [1.29, 1.82) is 0 Å². The number of rotatable bonds is 8. The van der Waals surface area contributed by atoms with Crippen molar-refractivity contribution in [3.8, 4) is 0 Å². The van der Waals surface area contributed by atoms with E-state index in [-0.39, 0.29) is 37.4 Å². The van der Waals surface area contributed by atoms with Gasteiger partial charge in [-0.15, -0.1) is 0 Å². The Bertz CT molecular complexity index is 1610. The number of alkyl halides is 3. The van der Waals surface area contributed by atoms with Gasteiger partial charge in [-0.05, 0) is 65.6 Å². The third-order valence-corrected chi connectivity index (χ3v) is 9.13. The maximum Gasteiger partial charge on any atom is 0.416 e. The van der Waals surface area contributed by atoms with Gasteiger partial charge in [0.2, 0.25) is 15.9 Å². The van der Waals surface area contributed by atoms with E-state index < -0.39 is 50.6 Å². The number of carboxylic acid groups (broad SMARTS) is 1. The van der Waals surface area contributed by atoms with Crippen molar-refractivity contribution in [2.45, 2.75) is 43.4 Å².